The molecule has 0 aromatic heterocycles. The highest BCUT2D eigenvalue weighted by Crippen LogP contribution is 2.35. The number of hydrogen-bond acceptors (Lipinski definition) is 5. The average Bonchev–Trinajstić information content (AvgIpc) is 2.85. The van der Waals surface area contributed by atoms with Crippen molar-refractivity contribution in [3.63, 3.8) is 0 Å². The number of hydrazone groups is 1. The van der Waals surface area contributed by atoms with Crippen LogP contribution in [0.3, 0.4) is 0 Å². The van der Waals surface area contributed by atoms with E-state index < -0.39 is 0 Å². The first kappa shape index (κ1) is 18.8. The molecule has 152 valence electrons. The zero-order valence-corrected chi connectivity index (χ0v) is 17.0. The minimum absolute atomic E-state index is 0.177. The second-order valence-corrected chi connectivity index (χ2v) is 7.35. The van der Waals surface area contributed by atoms with Crippen molar-refractivity contribution < 1.29 is 0 Å². The van der Waals surface area contributed by atoms with Gasteiger partial charge in [0.05, 0.1) is 11.4 Å². The largest absolute Gasteiger partial charge is 0.399 e. The zero-order valence-electron chi connectivity index (χ0n) is 17.0. The fourth-order valence-electron chi connectivity index (χ4n) is 3.72. The monoisotopic (exact) mass is 405 g/mol. The molecule has 0 saturated heterocycles. The smallest absolute Gasteiger partial charge is 0.172 e. The molecule has 1 atom stereocenters. The molecule has 5 heteroatoms. The third-order valence-corrected chi connectivity index (χ3v) is 5.25. The van der Waals surface area contributed by atoms with Crippen molar-refractivity contribution in [3.05, 3.63) is 126 Å². The van der Waals surface area contributed by atoms with Crippen LogP contribution in [0.1, 0.15) is 17.3 Å². The maximum atomic E-state index is 5.91. The van der Waals surface area contributed by atoms with Crippen molar-refractivity contribution in [1.29, 1.82) is 0 Å². The molecular weight excluding hydrogens is 382 g/mol. The molecule has 1 unspecified atom stereocenters. The van der Waals surface area contributed by atoms with E-state index in [1.807, 2.05) is 66.7 Å². The summed E-state index contributed by atoms with van der Waals surface area (Å²) in [6.07, 6.45) is -0.177. The third kappa shape index (κ3) is 3.81. The van der Waals surface area contributed by atoms with Gasteiger partial charge in [0.2, 0.25) is 0 Å². The maximum absolute atomic E-state index is 5.91. The van der Waals surface area contributed by atoms with E-state index in [2.05, 4.69) is 64.0 Å². The second kappa shape index (κ2) is 8.24. The van der Waals surface area contributed by atoms with Crippen molar-refractivity contribution in [2.24, 2.45) is 5.10 Å². The van der Waals surface area contributed by atoms with Crippen LogP contribution in [0.15, 0.2) is 120 Å². The van der Waals surface area contributed by atoms with E-state index in [0.717, 1.165) is 34.0 Å². The summed E-state index contributed by atoms with van der Waals surface area (Å²) in [5.74, 6) is 0.750. The molecule has 0 aliphatic carbocycles. The lowest BCUT2D eigenvalue weighted by atomic mass is 10.1. The van der Waals surface area contributed by atoms with Gasteiger partial charge in [0, 0.05) is 11.3 Å². The van der Waals surface area contributed by atoms with E-state index in [4.69, 9.17) is 10.8 Å². The van der Waals surface area contributed by atoms with E-state index >= 15 is 0 Å². The molecule has 31 heavy (non-hydrogen) atoms. The number of nitrogens with zero attached hydrogens (tertiary/aromatic N) is 3. The van der Waals surface area contributed by atoms with Crippen LogP contribution in [0.25, 0.3) is 0 Å². The summed E-state index contributed by atoms with van der Waals surface area (Å²) in [6.45, 7) is 0. The topological polar surface area (TPSA) is 56.9 Å². The summed E-state index contributed by atoms with van der Waals surface area (Å²) in [4.78, 5) is 0. The van der Waals surface area contributed by atoms with Gasteiger partial charge in [0.25, 0.3) is 0 Å². The number of hydrazine groups is 1. The summed E-state index contributed by atoms with van der Waals surface area (Å²) < 4.78 is 0. The Balaban J connectivity index is 1.69. The van der Waals surface area contributed by atoms with Crippen LogP contribution < -0.4 is 21.2 Å². The van der Waals surface area contributed by atoms with E-state index in [1.165, 1.54) is 0 Å². The summed E-state index contributed by atoms with van der Waals surface area (Å²) in [6, 6.07) is 38.7. The van der Waals surface area contributed by atoms with Gasteiger partial charge < -0.3 is 5.73 Å². The quantitative estimate of drug-likeness (QED) is 0.461. The number of nitrogens with two attached hydrogens (primary N) is 1. The summed E-state index contributed by atoms with van der Waals surface area (Å²) in [5.41, 5.74) is 14.3. The van der Waals surface area contributed by atoms with Crippen molar-refractivity contribution in [1.82, 2.24) is 5.43 Å². The van der Waals surface area contributed by atoms with Gasteiger partial charge in [-0.1, -0.05) is 66.7 Å². The number of amidine groups is 1. The number of rotatable bonds is 4. The van der Waals surface area contributed by atoms with Crippen LogP contribution in [-0.4, -0.2) is 5.84 Å². The summed E-state index contributed by atoms with van der Waals surface area (Å²) >= 11 is 0. The van der Waals surface area contributed by atoms with Crippen molar-refractivity contribution in [3.8, 4) is 0 Å². The van der Waals surface area contributed by atoms with Gasteiger partial charge >= 0.3 is 0 Å². The highest BCUT2D eigenvalue weighted by Gasteiger charge is 2.33. The van der Waals surface area contributed by atoms with Crippen LogP contribution in [0.2, 0.25) is 0 Å². The molecule has 1 aliphatic heterocycles. The van der Waals surface area contributed by atoms with Gasteiger partial charge in [-0.05, 0) is 54.1 Å². The Hall–Kier alpha value is -4.25. The molecule has 5 nitrogen and oxygen atoms in total. The van der Waals surface area contributed by atoms with Gasteiger partial charge in [-0.25, -0.2) is 5.01 Å². The molecule has 0 radical (unpaired) electrons. The molecule has 0 fully saturated rings. The Morgan fingerprint density at radius 1 is 0.645 bits per heavy atom. The molecule has 3 N–H and O–H groups in total. The van der Waals surface area contributed by atoms with Crippen molar-refractivity contribution in [2.75, 3.05) is 15.8 Å². The average molecular weight is 406 g/mol. The first-order valence-corrected chi connectivity index (χ1v) is 10.2. The lowest BCUT2D eigenvalue weighted by Gasteiger charge is -2.44. The molecule has 0 spiro atoms. The second-order valence-electron chi connectivity index (χ2n) is 7.35. The highest BCUT2D eigenvalue weighted by molar-refractivity contribution is 6.01. The van der Waals surface area contributed by atoms with Gasteiger partial charge in [0.1, 0.15) is 0 Å². The Morgan fingerprint density at radius 3 is 1.81 bits per heavy atom. The number of benzene rings is 4. The standard InChI is InChI=1S/C26H23N5/c27-22-18-16-20(17-19-22)25-28-30(23-12-6-2-7-13-23)26(21-10-4-1-5-11-21)31(29-25)24-14-8-3-9-15-24/h1-19,26H,27H2,(H,28,29). The normalized spacial score (nSPS) is 15.9. The van der Waals surface area contributed by atoms with Crippen LogP contribution in [0.5, 0.6) is 0 Å². The zero-order chi connectivity index (χ0) is 21.0. The fourth-order valence-corrected chi connectivity index (χ4v) is 3.72. The van der Waals surface area contributed by atoms with E-state index in [9.17, 15) is 0 Å². The third-order valence-electron chi connectivity index (χ3n) is 5.25. The molecule has 4 aromatic rings. The predicted octanol–water partition coefficient (Wildman–Crippen LogP) is 5.16. The van der Waals surface area contributed by atoms with Crippen LogP contribution in [0, 0.1) is 0 Å². The van der Waals surface area contributed by atoms with Crippen LogP contribution in [-0.2, 0) is 0 Å². The number of nitrogens with one attached hydrogen (secondary N) is 1. The van der Waals surface area contributed by atoms with Gasteiger partial charge in [-0.2, -0.15) is 5.10 Å². The predicted molar refractivity (Wildman–Crippen MR) is 128 cm³/mol. The van der Waals surface area contributed by atoms with Crippen molar-refractivity contribution >= 4 is 22.9 Å². The molecule has 0 amide bonds. The minimum Gasteiger partial charge on any atom is -0.399 e. The molecule has 5 rings (SSSR count). The Labute approximate surface area is 182 Å². The number of nitrogen functional groups attached to an aromatic ring is 1. The van der Waals surface area contributed by atoms with Gasteiger partial charge in [-0.3, -0.25) is 10.4 Å². The SMILES string of the molecule is Nc1ccc(C2=NN(c3ccccc3)C(c3ccccc3)N(c3ccccc3)N2)cc1. The van der Waals surface area contributed by atoms with E-state index in [-0.39, 0.29) is 6.17 Å². The number of hydrogen-bond donors (Lipinski definition) is 2. The number of para-hydroxylation sites is 2. The fraction of sp³-hybridized carbons (Fsp3) is 0.0385. The molecule has 0 bridgehead atoms. The molecule has 1 aliphatic rings. The van der Waals surface area contributed by atoms with Crippen molar-refractivity contribution in [2.45, 2.75) is 6.17 Å². The Morgan fingerprint density at radius 2 is 1.19 bits per heavy atom. The van der Waals surface area contributed by atoms with E-state index in [1.54, 1.807) is 0 Å². The number of anilines is 3. The molecule has 0 saturated carbocycles. The van der Waals surface area contributed by atoms with E-state index in [0.29, 0.717) is 0 Å². The summed E-state index contributed by atoms with van der Waals surface area (Å²) in [7, 11) is 0. The lowest BCUT2D eigenvalue weighted by Crippen LogP contribution is -2.55. The van der Waals surface area contributed by atoms with Crippen LogP contribution >= 0.6 is 0 Å². The van der Waals surface area contributed by atoms with Gasteiger partial charge in [0.15, 0.2) is 12.0 Å². The highest BCUT2D eigenvalue weighted by atomic mass is 15.7. The molecular formula is C26H23N5. The Bertz CT molecular complexity index is 1160. The van der Waals surface area contributed by atoms with Crippen LogP contribution in [0.4, 0.5) is 17.1 Å². The first-order chi connectivity index (χ1) is 15.3. The minimum atomic E-state index is -0.177. The molecule has 1 heterocycles. The first-order valence-electron chi connectivity index (χ1n) is 10.2. The van der Waals surface area contributed by atoms with Gasteiger partial charge in [-0.15, -0.1) is 0 Å². The maximum Gasteiger partial charge on any atom is 0.172 e. The summed E-state index contributed by atoms with van der Waals surface area (Å²) in [5, 5.41) is 9.26. The Kier molecular flexibility index (Phi) is 4.99. The lowest BCUT2D eigenvalue weighted by molar-refractivity contribution is 0.538. The molecule has 4 aromatic carbocycles.